The molecule has 2 aliphatic heterocycles. The summed E-state index contributed by atoms with van der Waals surface area (Å²) in [7, 11) is 0. The zero-order valence-electron chi connectivity index (χ0n) is 14.4. The Balaban J connectivity index is 0.000000150. The average molecular weight is 351 g/mol. The highest BCUT2D eigenvalue weighted by atomic mass is 16.5. The number of aromatic nitrogens is 4. The van der Waals surface area contributed by atoms with Crippen LogP contribution in [0.5, 0.6) is 0 Å². The SMILES string of the molecule is NCCC1CCCCc2noc(=O)n21.O=c1onc2n1CCCCC2. The van der Waals surface area contributed by atoms with Crippen LogP contribution >= 0.6 is 0 Å². The third-order valence-electron chi connectivity index (χ3n) is 4.80. The van der Waals surface area contributed by atoms with Crippen molar-refractivity contribution in [1.82, 2.24) is 19.4 Å². The molecule has 2 aromatic heterocycles. The molecule has 4 rings (SSSR count). The molecular formula is C16H25N5O4. The number of rotatable bonds is 2. The molecule has 0 saturated heterocycles. The van der Waals surface area contributed by atoms with Gasteiger partial charge in [-0.3, -0.25) is 18.2 Å². The first-order chi connectivity index (χ1) is 12.2. The molecule has 138 valence electrons. The van der Waals surface area contributed by atoms with Crippen LogP contribution in [-0.2, 0) is 19.4 Å². The van der Waals surface area contributed by atoms with E-state index < -0.39 is 0 Å². The van der Waals surface area contributed by atoms with Crippen LogP contribution < -0.4 is 17.2 Å². The summed E-state index contributed by atoms with van der Waals surface area (Å²) in [4.78, 5) is 22.3. The van der Waals surface area contributed by atoms with Crippen LogP contribution in [0.25, 0.3) is 0 Å². The minimum absolute atomic E-state index is 0.191. The van der Waals surface area contributed by atoms with Crippen LogP contribution in [0.3, 0.4) is 0 Å². The van der Waals surface area contributed by atoms with Gasteiger partial charge < -0.3 is 5.73 Å². The van der Waals surface area contributed by atoms with Gasteiger partial charge in [0.25, 0.3) is 0 Å². The Kier molecular flexibility index (Phi) is 5.85. The molecule has 1 atom stereocenters. The van der Waals surface area contributed by atoms with Gasteiger partial charge in [0.1, 0.15) is 0 Å². The van der Waals surface area contributed by atoms with Gasteiger partial charge in [0, 0.05) is 25.4 Å². The Labute approximate surface area is 144 Å². The number of fused-ring (bicyclic) bond motifs is 2. The lowest BCUT2D eigenvalue weighted by atomic mass is 10.1. The number of hydrogen-bond acceptors (Lipinski definition) is 7. The largest absolute Gasteiger partial charge is 0.441 e. The Hall–Kier alpha value is -2.16. The highest BCUT2D eigenvalue weighted by Gasteiger charge is 2.22. The van der Waals surface area contributed by atoms with E-state index in [1.807, 2.05) is 0 Å². The zero-order valence-corrected chi connectivity index (χ0v) is 14.4. The van der Waals surface area contributed by atoms with Crippen molar-refractivity contribution in [3.63, 3.8) is 0 Å². The predicted octanol–water partition coefficient (Wildman–Crippen LogP) is 1.02. The summed E-state index contributed by atoms with van der Waals surface area (Å²) in [5, 5.41) is 7.48. The molecule has 9 heteroatoms. The van der Waals surface area contributed by atoms with Crippen LogP contribution in [0.15, 0.2) is 18.6 Å². The average Bonchev–Trinajstić information content (AvgIpc) is 2.95. The van der Waals surface area contributed by atoms with Crippen molar-refractivity contribution in [3.8, 4) is 0 Å². The van der Waals surface area contributed by atoms with E-state index in [-0.39, 0.29) is 17.6 Å². The minimum atomic E-state index is -0.333. The summed E-state index contributed by atoms with van der Waals surface area (Å²) in [6, 6.07) is 0.191. The third-order valence-corrected chi connectivity index (χ3v) is 4.80. The fourth-order valence-electron chi connectivity index (χ4n) is 3.50. The molecule has 4 heterocycles. The molecule has 25 heavy (non-hydrogen) atoms. The van der Waals surface area contributed by atoms with Gasteiger partial charge in [0.05, 0.1) is 0 Å². The standard InChI is InChI=1S/C9H15N3O2.C7H10N2O2/c10-6-5-7-3-1-2-4-8-11-14-9(13)12(7)8;10-7-9-5-3-1-2-4-6(9)8-11-7/h7H,1-6,10H2;1-5H2. The molecule has 0 bridgehead atoms. The minimum Gasteiger partial charge on any atom is -0.330 e. The molecule has 1 unspecified atom stereocenters. The van der Waals surface area contributed by atoms with Crippen molar-refractivity contribution >= 4 is 0 Å². The van der Waals surface area contributed by atoms with E-state index >= 15 is 0 Å². The van der Waals surface area contributed by atoms with E-state index in [0.29, 0.717) is 6.54 Å². The van der Waals surface area contributed by atoms with Crippen LogP contribution in [0.4, 0.5) is 0 Å². The van der Waals surface area contributed by atoms with E-state index in [0.717, 1.165) is 69.6 Å². The highest BCUT2D eigenvalue weighted by Crippen LogP contribution is 2.23. The van der Waals surface area contributed by atoms with Gasteiger partial charge in [-0.2, -0.15) is 0 Å². The number of nitrogens with zero attached hydrogens (tertiary/aromatic N) is 4. The first kappa shape index (κ1) is 17.7. The molecule has 0 amide bonds. The number of aryl methyl sites for hydroxylation is 2. The van der Waals surface area contributed by atoms with Crippen molar-refractivity contribution in [1.29, 1.82) is 0 Å². The van der Waals surface area contributed by atoms with E-state index in [9.17, 15) is 9.59 Å². The number of nitrogens with two attached hydrogens (primary N) is 1. The van der Waals surface area contributed by atoms with Crippen LogP contribution in [0, 0.1) is 0 Å². The summed E-state index contributed by atoms with van der Waals surface area (Å²) in [6.45, 7) is 1.37. The van der Waals surface area contributed by atoms with Crippen molar-refractivity contribution in [3.05, 3.63) is 32.8 Å². The second-order valence-electron chi connectivity index (χ2n) is 6.54. The third kappa shape index (κ3) is 4.09. The van der Waals surface area contributed by atoms with Crippen LogP contribution in [0.1, 0.15) is 62.6 Å². The maximum atomic E-state index is 11.4. The van der Waals surface area contributed by atoms with Gasteiger partial charge in [-0.1, -0.05) is 23.2 Å². The van der Waals surface area contributed by atoms with Gasteiger partial charge in [0.15, 0.2) is 11.6 Å². The Morgan fingerprint density at radius 2 is 1.68 bits per heavy atom. The van der Waals surface area contributed by atoms with E-state index in [1.165, 1.54) is 6.42 Å². The second-order valence-corrected chi connectivity index (χ2v) is 6.54. The first-order valence-corrected chi connectivity index (χ1v) is 9.03. The summed E-state index contributed by atoms with van der Waals surface area (Å²) >= 11 is 0. The molecule has 0 aromatic carbocycles. The van der Waals surface area contributed by atoms with Crippen molar-refractivity contribution < 1.29 is 9.05 Å². The molecule has 0 fully saturated rings. The lowest BCUT2D eigenvalue weighted by molar-refractivity contribution is 0.348. The Morgan fingerprint density at radius 1 is 0.960 bits per heavy atom. The van der Waals surface area contributed by atoms with Gasteiger partial charge in [-0.15, -0.1) is 0 Å². The summed E-state index contributed by atoms with van der Waals surface area (Å²) in [5.74, 6) is 0.959. The van der Waals surface area contributed by atoms with Gasteiger partial charge in [0.2, 0.25) is 0 Å². The van der Waals surface area contributed by atoms with Gasteiger partial charge >= 0.3 is 11.5 Å². The maximum Gasteiger partial charge on any atom is 0.441 e. The Morgan fingerprint density at radius 3 is 2.52 bits per heavy atom. The second kappa shape index (κ2) is 8.28. The molecule has 0 aliphatic carbocycles. The van der Waals surface area contributed by atoms with Crippen molar-refractivity contribution in [2.45, 2.75) is 70.4 Å². The first-order valence-electron chi connectivity index (χ1n) is 9.03. The molecule has 2 aliphatic rings. The van der Waals surface area contributed by atoms with Crippen molar-refractivity contribution in [2.75, 3.05) is 6.54 Å². The quantitative estimate of drug-likeness (QED) is 0.857. The fraction of sp³-hybridized carbons (Fsp3) is 0.750. The van der Waals surface area contributed by atoms with E-state index in [2.05, 4.69) is 19.4 Å². The molecule has 9 nitrogen and oxygen atoms in total. The zero-order chi connectivity index (χ0) is 17.6. The van der Waals surface area contributed by atoms with E-state index in [4.69, 9.17) is 5.73 Å². The van der Waals surface area contributed by atoms with Crippen molar-refractivity contribution in [2.24, 2.45) is 5.73 Å². The molecule has 0 saturated carbocycles. The predicted molar refractivity (Wildman–Crippen MR) is 89.3 cm³/mol. The lowest BCUT2D eigenvalue weighted by Crippen LogP contribution is -2.23. The smallest absolute Gasteiger partial charge is 0.330 e. The molecule has 0 radical (unpaired) electrons. The molecule has 0 spiro atoms. The van der Waals surface area contributed by atoms with E-state index in [1.54, 1.807) is 9.13 Å². The highest BCUT2D eigenvalue weighted by molar-refractivity contribution is 4.91. The summed E-state index contributed by atoms with van der Waals surface area (Å²) in [6.07, 6.45) is 9.13. The summed E-state index contributed by atoms with van der Waals surface area (Å²) < 4.78 is 12.5. The lowest BCUT2D eigenvalue weighted by Gasteiger charge is -2.13. The van der Waals surface area contributed by atoms with Crippen LogP contribution in [0.2, 0.25) is 0 Å². The maximum absolute atomic E-state index is 11.4. The molecular weight excluding hydrogens is 326 g/mol. The normalized spacial score (nSPS) is 19.8. The molecule has 2 N–H and O–H groups in total. The van der Waals surface area contributed by atoms with Crippen LogP contribution in [-0.4, -0.2) is 26.0 Å². The molecule has 2 aromatic rings. The fourth-order valence-corrected chi connectivity index (χ4v) is 3.50. The van der Waals surface area contributed by atoms with Gasteiger partial charge in [-0.25, -0.2) is 9.59 Å². The Bertz CT molecular complexity index is 787. The monoisotopic (exact) mass is 351 g/mol. The topological polar surface area (TPSA) is 122 Å². The number of hydrogen-bond donors (Lipinski definition) is 1. The van der Waals surface area contributed by atoms with Gasteiger partial charge in [-0.05, 0) is 38.6 Å². The summed E-state index contributed by atoms with van der Waals surface area (Å²) in [5.41, 5.74) is 5.52.